The van der Waals surface area contributed by atoms with E-state index >= 15 is 0 Å². The van der Waals surface area contributed by atoms with E-state index < -0.39 is 0 Å². The maximum atomic E-state index is 12.4. The number of urea groups is 1. The van der Waals surface area contributed by atoms with Gasteiger partial charge in [0.15, 0.2) is 5.82 Å². The number of ether oxygens (including phenoxy) is 1. The summed E-state index contributed by atoms with van der Waals surface area (Å²) in [5, 5.41) is 7.13. The lowest BCUT2D eigenvalue weighted by molar-refractivity contribution is -0.146. The second kappa shape index (κ2) is 7.16. The predicted octanol–water partition coefficient (Wildman–Crippen LogP) is 2.29. The highest BCUT2D eigenvalue weighted by Crippen LogP contribution is 2.19. The molecule has 0 unspecified atom stereocenters. The Labute approximate surface area is 140 Å². The number of benzene rings is 1. The van der Waals surface area contributed by atoms with Gasteiger partial charge in [-0.1, -0.05) is 18.2 Å². The summed E-state index contributed by atoms with van der Waals surface area (Å²) in [5.41, 5.74) is 0.918. The molecule has 1 N–H and O–H groups in total. The van der Waals surface area contributed by atoms with E-state index in [9.17, 15) is 9.59 Å². The molecule has 1 saturated heterocycles. The van der Waals surface area contributed by atoms with Crippen LogP contribution in [0.4, 0.5) is 10.6 Å². The molecule has 7 heteroatoms. The topological polar surface area (TPSA) is 76.5 Å². The van der Waals surface area contributed by atoms with Crippen LogP contribution in [0.15, 0.2) is 42.6 Å². The number of para-hydroxylation sites is 1. The normalized spacial score (nSPS) is 17.4. The fraction of sp³-hybridized carbons (Fsp3) is 0.353. The van der Waals surface area contributed by atoms with Crippen LogP contribution in [0.1, 0.15) is 12.8 Å². The minimum Gasteiger partial charge on any atom is -0.469 e. The van der Waals surface area contributed by atoms with Crippen LogP contribution in [0, 0.1) is 5.92 Å². The van der Waals surface area contributed by atoms with Crippen molar-refractivity contribution < 1.29 is 14.3 Å². The second-order valence-electron chi connectivity index (χ2n) is 5.72. The molecule has 0 aliphatic carbocycles. The van der Waals surface area contributed by atoms with Gasteiger partial charge in [0, 0.05) is 25.4 Å². The van der Waals surface area contributed by atoms with Crippen molar-refractivity contribution in [2.75, 3.05) is 25.5 Å². The summed E-state index contributed by atoms with van der Waals surface area (Å²) in [7, 11) is 1.37. The van der Waals surface area contributed by atoms with Crippen molar-refractivity contribution in [1.82, 2.24) is 14.7 Å². The molecule has 126 valence electrons. The van der Waals surface area contributed by atoms with Gasteiger partial charge in [-0.2, -0.15) is 0 Å². The number of carbonyl (C=O) groups is 2. The van der Waals surface area contributed by atoms with Crippen molar-refractivity contribution in [1.29, 1.82) is 0 Å². The van der Waals surface area contributed by atoms with Gasteiger partial charge in [-0.25, -0.2) is 9.48 Å². The second-order valence-corrected chi connectivity index (χ2v) is 5.72. The lowest BCUT2D eigenvalue weighted by Gasteiger charge is -2.31. The number of likely N-dealkylation sites (tertiary alicyclic amines) is 1. The number of carbonyl (C=O) groups excluding carboxylic acids is 2. The lowest BCUT2D eigenvalue weighted by atomic mass is 9.98. The zero-order chi connectivity index (χ0) is 16.9. The van der Waals surface area contributed by atoms with E-state index in [1.54, 1.807) is 21.8 Å². The van der Waals surface area contributed by atoms with E-state index in [2.05, 4.69) is 10.4 Å². The minimum absolute atomic E-state index is 0.248. The number of methoxy groups -OCH3 is 1. The van der Waals surface area contributed by atoms with Crippen molar-refractivity contribution in [3.8, 4) is 5.69 Å². The van der Waals surface area contributed by atoms with Gasteiger partial charge < -0.3 is 9.64 Å². The molecule has 1 aliphatic rings. The summed E-state index contributed by atoms with van der Waals surface area (Å²) in [5.74, 6) is -0.0405. The fourth-order valence-electron chi connectivity index (χ4n) is 2.82. The number of hydrogen-bond donors (Lipinski definition) is 1. The molecule has 7 nitrogen and oxygen atoms in total. The van der Waals surface area contributed by atoms with Crippen LogP contribution in [0.2, 0.25) is 0 Å². The lowest BCUT2D eigenvalue weighted by Crippen LogP contribution is -2.44. The summed E-state index contributed by atoms with van der Waals surface area (Å²) in [6, 6.07) is 11.2. The summed E-state index contributed by atoms with van der Waals surface area (Å²) in [6.45, 7) is 0.997. The first kappa shape index (κ1) is 16.0. The average Bonchev–Trinajstić information content (AvgIpc) is 3.10. The van der Waals surface area contributed by atoms with Gasteiger partial charge in [0.1, 0.15) is 0 Å². The Hall–Kier alpha value is -2.83. The first-order valence-corrected chi connectivity index (χ1v) is 7.92. The molecule has 1 aliphatic heterocycles. The van der Waals surface area contributed by atoms with Gasteiger partial charge in [-0.15, -0.1) is 5.10 Å². The summed E-state index contributed by atoms with van der Waals surface area (Å²) >= 11 is 0. The third kappa shape index (κ3) is 3.56. The van der Waals surface area contributed by atoms with Crippen molar-refractivity contribution in [2.45, 2.75) is 12.8 Å². The standard InChI is InChI=1S/C17H20N4O3/c1-24-16(22)13-6-5-10-20(12-13)17(23)18-15-9-11-21(19-15)14-7-3-2-4-8-14/h2-4,7-9,11,13H,5-6,10,12H2,1H3,(H,18,19,23)/t13-/m0/s1. The third-order valence-corrected chi connectivity index (χ3v) is 4.09. The van der Waals surface area contributed by atoms with Crippen LogP contribution in [0.5, 0.6) is 0 Å². The van der Waals surface area contributed by atoms with E-state index in [-0.39, 0.29) is 17.9 Å². The van der Waals surface area contributed by atoms with Crippen molar-refractivity contribution in [3.05, 3.63) is 42.6 Å². The first-order valence-electron chi connectivity index (χ1n) is 7.92. The number of aromatic nitrogens is 2. The molecule has 24 heavy (non-hydrogen) atoms. The highest BCUT2D eigenvalue weighted by atomic mass is 16.5. The van der Waals surface area contributed by atoms with E-state index in [1.807, 2.05) is 30.3 Å². The highest BCUT2D eigenvalue weighted by molar-refractivity contribution is 5.88. The molecule has 1 aromatic heterocycles. The summed E-state index contributed by atoms with van der Waals surface area (Å²) in [6.07, 6.45) is 3.32. The number of rotatable bonds is 3. The van der Waals surface area contributed by atoms with Gasteiger partial charge in [0.2, 0.25) is 0 Å². The van der Waals surface area contributed by atoms with Crippen LogP contribution >= 0.6 is 0 Å². The molecule has 0 radical (unpaired) electrons. The first-order chi connectivity index (χ1) is 11.7. The number of piperidine rings is 1. The van der Waals surface area contributed by atoms with Crippen LogP contribution in [0.3, 0.4) is 0 Å². The van der Waals surface area contributed by atoms with E-state index in [4.69, 9.17) is 4.74 Å². The van der Waals surface area contributed by atoms with Crippen LogP contribution < -0.4 is 5.32 Å². The minimum atomic E-state index is -0.263. The Kier molecular flexibility index (Phi) is 4.79. The fourth-order valence-corrected chi connectivity index (χ4v) is 2.82. The van der Waals surface area contributed by atoms with E-state index in [0.717, 1.165) is 18.5 Å². The molecule has 1 aromatic carbocycles. The van der Waals surface area contributed by atoms with Crippen LogP contribution in [-0.4, -0.2) is 46.9 Å². The maximum Gasteiger partial charge on any atom is 0.323 e. The zero-order valence-corrected chi connectivity index (χ0v) is 13.5. The van der Waals surface area contributed by atoms with E-state index in [0.29, 0.717) is 18.9 Å². The number of hydrogen-bond acceptors (Lipinski definition) is 4. The number of amides is 2. The monoisotopic (exact) mass is 328 g/mol. The van der Waals surface area contributed by atoms with Gasteiger partial charge in [-0.3, -0.25) is 10.1 Å². The molecule has 0 bridgehead atoms. The molecule has 0 saturated carbocycles. The Balaban J connectivity index is 1.63. The largest absolute Gasteiger partial charge is 0.469 e. The molecule has 2 heterocycles. The molecule has 2 amide bonds. The molecular weight excluding hydrogens is 308 g/mol. The Bertz CT molecular complexity index is 714. The third-order valence-electron chi connectivity index (χ3n) is 4.09. The summed E-state index contributed by atoms with van der Waals surface area (Å²) in [4.78, 5) is 25.7. The predicted molar refractivity (Wildman–Crippen MR) is 88.9 cm³/mol. The highest BCUT2D eigenvalue weighted by Gasteiger charge is 2.29. The Morgan fingerprint density at radius 1 is 1.25 bits per heavy atom. The molecule has 1 fully saturated rings. The SMILES string of the molecule is COC(=O)[C@H]1CCCN(C(=O)Nc2ccn(-c3ccccc3)n2)C1. The molecular formula is C17H20N4O3. The van der Waals surface area contributed by atoms with Gasteiger partial charge >= 0.3 is 12.0 Å². The smallest absolute Gasteiger partial charge is 0.323 e. The summed E-state index contributed by atoms with van der Waals surface area (Å²) < 4.78 is 6.47. The van der Waals surface area contributed by atoms with Gasteiger partial charge in [0.25, 0.3) is 0 Å². The molecule has 0 spiro atoms. The number of anilines is 1. The quantitative estimate of drug-likeness (QED) is 0.877. The van der Waals surface area contributed by atoms with Crippen molar-refractivity contribution in [2.24, 2.45) is 5.92 Å². The van der Waals surface area contributed by atoms with Crippen LogP contribution in [0.25, 0.3) is 5.69 Å². The number of nitrogens with zero attached hydrogens (tertiary/aromatic N) is 3. The molecule has 1 atom stereocenters. The molecule has 2 aromatic rings. The average molecular weight is 328 g/mol. The van der Waals surface area contributed by atoms with Gasteiger partial charge in [-0.05, 0) is 25.0 Å². The Morgan fingerprint density at radius 2 is 2.04 bits per heavy atom. The van der Waals surface area contributed by atoms with Crippen molar-refractivity contribution in [3.63, 3.8) is 0 Å². The van der Waals surface area contributed by atoms with E-state index in [1.165, 1.54) is 7.11 Å². The number of nitrogens with one attached hydrogen (secondary N) is 1. The zero-order valence-electron chi connectivity index (χ0n) is 13.5. The van der Waals surface area contributed by atoms with Crippen molar-refractivity contribution >= 4 is 17.8 Å². The molecule has 3 rings (SSSR count). The Morgan fingerprint density at radius 3 is 2.79 bits per heavy atom. The van der Waals surface area contributed by atoms with Gasteiger partial charge in [0.05, 0.1) is 18.7 Å². The number of esters is 1. The van der Waals surface area contributed by atoms with Crippen LogP contribution in [-0.2, 0) is 9.53 Å². The maximum absolute atomic E-state index is 12.4.